The summed E-state index contributed by atoms with van der Waals surface area (Å²) in [5, 5.41) is 7.19. The molecular formula is C16H20ClFN2S. The van der Waals surface area contributed by atoms with E-state index in [1.165, 1.54) is 6.07 Å². The molecule has 1 atom stereocenters. The van der Waals surface area contributed by atoms with Gasteiger partial charge in [-0.2, -0.15) is 0 Å². The zero-order chi connectivity index (χ0) is 15.2. The molecule has 5 heteroatoms. The minimum atomic E-state index is -0.197. The molecule has 21 heavy (non-hydrogen) atoms. The number of aryl methyl sites for hydroxylation is 1. The summed E-state index contributed by atoms with van der Waals surface area (Å²) in [7, 11) is 0. The van der Waals surface area contributed by atoms with Crippen molar-refractivity contribution in [3.63, 3.8) is 0 Å². The summed E-state index contributed by atoms with van der Waals surface area (Å²) in [6.45, 7) is 5.03. The van der Waals surface area contributed by atoms with E-state index in [1.807, 2.05) is 6.92 Å². The average Bonchev–Trinajstić information content (AvgIpc) is 2.85. The van der Waals surface area contributed by atoms with Crippen molar-refractivity contribution in [2.45, 2.75) is 39.2 Å². The van der Waals surface area contributed by atoms with Gasteiger partial charge < -0.3 is 5.32 Å². The zero-order valence-corrected chi connectivity index (χ0v) is 13.9. The molecule has 0 saturated heterocycles. The number of hydrogen-bond acceptors (Lipinski definition) is 3. The fourth-order valence-corrected chi connectivity index (χ4v) is 3.10. The van der Waals surface area contributed by atoms with Crippen LogP contribution in [-0.4, -0.2) is 17.6 Å². The quantitative estimate of drug-likeness (QED) is 0.816. The van der Waals surface area contributed by atoms with E-state index in [9.17, 15) is 4.39 Å². The van der Waals surface area contributed by atoms with Gasteiger partial charge in [-0.15, -0.1) is 11.3 Å². The molecule has 0 bridgehead atoms. The second-order valence-corrected chi connectivity index (χ2v) is 6.65. The van der Waals surface area contributed by atoms with Crippen molar-refractivity contribution in [2.75, 3.05) is 6.54 Å². The highest BCUT2D eigenvalue weighted by molar-refractivity contribution is 7.09. The Hall–Kier alpha value is -0.970. The summed E-state index contributed by atoms with van der Waals surface area (Å²) in [5.74, 6) is -0.197. The third-order valence-corrected chi connectivity index (χ3v) is 4.34. The third-order valence-electron chi connectivity index (χ3n) is 3.28. The third kappa shape index (κ3) is 5.06. The first kappa shape index (κ1) is 16.4. The predicted octanol–water partition coefficient (Wildman–Crippen LogP) is 4.40. The van der Waals surface area contributed by atoms with Gasteiger partial charge >= 0.3 is 0 Å². The van der Waals surface area contributed by atoms with Crippen LogP contribution in [0.5, 0.6) is 0 Å². The molecule has 1 unspecified atom stereocenters. The monoisotopic (exact) mass is 326 g/mol. The number of benzene rings is 1. The minimum Gasteiger partial charge on any atom is -0.313 e. The molecule has 114 valence electrons. The second kappa shape index (κ2) is 7.87. The Kier molecular flexibility index (Phi) is 6.15. The van der Waals surface area contributed by atoms with Crippen molar-refractivity contribution in [2.24, 2.45) is 0 Å². The molecule has 0 aliphatic rings. The number of rotatable bonds is 7. The van der Waals surface area contributed by atoms with Crippen molar-refractivity contribution in [1.29, 1.82) is 0 Å². The van der Waals surface area contributed by atoms with Gasteiger partial charge in [-0.05, 0) is 50.1 Å². The number of nitrogens with zero attached hydrogens (tertiary/aromatic N) is 1. The van der Waals surface area contributed by atoms with Crippen LogP contribution >= 0.6 is 22.9 Å². The SMILES string of the molecule is CCCNC(Cc1csc(C)n1)Cc1cc(Cl)ccc1F. The van der Waals surface area contributed by atoms with Gasteiger partial charge in [-0.3, -0.25) is 0 Å². The summed E-state index contributed by atoms with van der Waals surface area (Å²) in [4.78, 5) is 4.50. The lowest BCUT2D eigenvalue weighted by molar-refractivity contribution is 0.489. The van der Waals surface area contributed by atoms with Crippen LogP contribution in [-0.2, 0) is 12.8 Å². The van der Waals surface area contributed by atoms with Gasteiger partial charge in [0, 0.05) is 22.9 Å². The number of nitrogens with one attached hydrogen (secondary N) is 1. The number of aromatic nitrogens is 1. The van der Waals surface area contributed by atoms with E-state index in [-0.39, 0.29) is 11.9 Å². The van der Waals surface area contributed by atoms with Gasteiger partial charge in [0.25, 0.3) is 0 Å². The molecule has 2 nitrogen and oxygen atoms in total. The maximum Gasteiger partial charge on any atom is 0.126 e. The standard InChI is InChI=1S/C16H20ClFN2S/c1-3-6-19-14(9-15-10-21-11(2)20-15)8-12-7-13(17)4-5-16(12)18/h4-5,7,10,14,19H,3,6,8-9H2,1-2H3. The van der Waals surface area contributed by atoms with Gasteiger partial charge in [-0.25, -0.2) is 9.37 Å². The molecule has 0 aliphatic heterocycles. The molecule has 1 N–H and O–H groups in total. The maximum absolute atomic E-state index is 13.9. The summed E-state index contributed by atoms with van der Waals surface area (Å²) in [6, 6.07) is 4.89. The number of halogens is 2. The van der Waals surface area contributed by atoms with Crippen LogP contribution in [0.25, 0.3) is 0 Å². The topological polar surface area (TPSA) is 24.9 Å². The summed E-state index contributed by atoms with van der Waals surface area (Å²) >= 11 is 7.62. The van der Waals surface area contributed by atoms with Crippen molar-refractivity contribution < 1.29 is 4.39 Å². The van der Waals surface area contributed by atoms with Crippen LogP contribution < -0.4 is 5.32 Å². The van der Waals surface area contributed by atoms with Gasteiger partial charge in [0.1, 0.15) is 5.82 Å². The fraction of sp³-hybridized carbons (Fsp3) is 0.438. The van der Waals surface area contributed by atoms with E-state index < -0.39 is 0 Å². The minimum absolute atomic E-state index is 0.166. The molecule has 0 fully saturated rings. The number of thiazole rings is 1. The van der Waals surface area contributed by atoms with Crippen LogP contribution in [0, 0.1) is 12.7 Å². The molecule has 2 aromatic rings. The van der Waals surface area contributed by atoms with Crippen molar-refractivity contribution in [3.05, 3.63) is 50.7 Å². The lowest BCUT2D eigenvalue weighted by Crippen LogP contribution is -2.34. The van der Waals surface area contributed by atoms with Crippen LogP contribution in [0.15, 0.2) is 23.6 Å². The van der Waals surface area contributed by atoms with Crippen LogP contribution in [0.4, 0.5) is 4.39 Å². The highest BCUT2D eigenvalue weighted by atomic mass is 35.5. The molecule has 0 amide bonds. The van der Waals surface area contributed by atoms with E-state index in [0.29, 0.717) is 17.0 Å². The first-order valence-electron chi connectivity index (χ1n) is 7.16. The lowest BCUT2D eigenvalue weighted by Gasteiger charge is -2.18. The van der Waals surface area contributed by atoms with Gasteiger partial charge in [0.15, 0.2) is 0 Å². The Morgan fingerprint density at radius 3 is 2.86 bits per heavy atom. The van der Waals surface area contributed by atoms with Crippen LogP contribution in [0.2, 0.25) is 5.02 Å². The maximum atomic E-state index is 13.9. The summed E-state index contributed by atoms with van der Waals surface area (Å²) < 4.78 is 13.9. The molecule has 1 heterocycles. The highest BCUT2D eigenvalue weighted by Gasteiger charge is 2.14. The Morgan fingerprint density at radius 2 is 2.19 bits per heavy atom. The van der Waals surface area contributed by atoms with Crippen molar-refractivity contribution >= 4 is 22.9 Å². The van der Waals surface area contributed by atoms with Crippen LogP contribution in [0.1, 0.15) is 29.6 Å². The largest absolute Gasteiger partial charge is 0.313 e. The van der Waals surface area contributed by atoms with Gasteiger partial charge in [0.05, 0.1) is 10.7 Å². The van der Waals surface area contributed by atoms with E-state index >= 15 is 0 Å². The second-order valence-electron chi connectivity index (χ2n) is 5.15. The molecule has 0 aliphatic carbocycles. The molecule has 2 rings (SSSR count). The molecular weight excluding hydrogens is 307 g/mol. The van der Waals surface area contributed by atoms with E-state index in [4.69, 9.17) is 11.6 Å². The molecule has 1 aromatic carbocycles. The summed E-state index contributed by atoms with van der Waals surface area (Å²) in [5.41, 5.74) is 1.72. The molecule has 0 spiro atoms. The highest BCUT2D eigenvalue weighted by Crippen LogP contribution is 2.18. The van der Waals surface area contributed by atoms with Gasteiger partial charge in [0.2, 0.25) is 0 Å². The number of hydrogen-bond donors (Lipinski definition) is 1. The van der Waals surface area contributed by atoms with Crippen molar-refractivity contribution in [1.82, 2.24) is 10.3 Å². The Bertz CT molecular complexity index is 585. The Morgan fingerprint density at radius 1 is 1.38 bits per heavy atom. The molecule has 0 saturated carbocycles. The average molecular weight is 327 g/mol. The van der Waals surface area contributed by atoms with Gasteiger partial charge in [-0.1, -0.05) is 18.5 Å². The fourth-order valence-electron chi connectivity index (χ4n) is 2.28. The smallest absolute Gasteiger partial charge is 0.126 e. The molecule has 0 radical (unpaired) electrons. The zero-order valence-electron chi connectivity index (χ0n) is 12.3. The van der Waals surface area contributed by atoms with E-state index in [2.05, 4.69) is 22.6 Å². The first-order chi connectivity index (χ1) is 10.1. The predicted molar refractivity (Wildman–Crippen MR) is 87.8 cm³/mol. The van der Waals surface area contributed by atoms with E-state index in [1.54, 1.807) is 23.5 Å². The summed E-state index contributed by atoms with van der Waals surface area (Å²) in [6.07, 6.45) is 2.46. The molecule has 1 aromatic heterocycles. The normalized spacial score (nSPS) is 12.6. The Labute approximate surface area is 134 Å². The van der Waals surface area contributed by atoms with E-state index in [0.717, 1.165) is 30.1 Å². The first-order valence-corrected chi connectivity index (χ1v) is 8.42. The lowest BCUT2D eigenvalue weighted by atomic mass is 10.0. The van der Waals surface area contributed by atoms with Crippen molar-refractivity contribution in [3.8, 4) is 0 Å². The Balaban J connectivity index is 2.09. The van der Waals surface area contributed by atoms with Crippen LogP contribution in [0.3, 0.4) is 0 Å².